The molecule has 0 radical (unpaired) electrons. The number of phenolic OH excluding ortho intramolecular Hbond substituents is 2. The average molecular weight is 790 g/mol. The lowest BCUT2D eigenvalue weighted by atomic mass is 9.97. The zero-order chi connectivity index (χ0) is 39.9. The second-order valence-electron chi connectivity index (χ2n) is 13.3. The van der Waals surface area contributed by atoms with Crippen molar-refractivity contribution in [3.8, 4) is 28.7 Å². The monoisotopic (exact) mass is 789 g/mol. The molecule has 3 fully saturated rings. The zero-order valence-electron chi connectivity index (χ0n) is 28.9. The summed E-state index contributed by atoms with van der Waals surface area (Å²) >= 11 is 0. The van der Waals surface area contributed by atoms with E-state index in [0.717, 1.165) is 6.07 Å². The number of phenols is 2. The number of aromatic hydroxyl groups is 3. The lowest BCUT2D eigenvalue weighted by Gasteiger charge is -2.46. The molecule has 6 rings (SSSR count). The minimum atomic E-state index is -1.94. The summed E-state index contributed by atoms with van der Waals surface area (Å²) in [6.07, 6.45) is -25.8. The minimum Gasteiger partial charge on any atom is -0.571 e. The normalized spacial score (nSPS) is 39.0. The standard InChI is InChI=1S/C34H44O21/c1-48-17-4-11(2-3-14(17)39)30-18(7-13-15(49-30)5-12(38)6-16(13)50-32-28(46)25(43)22(40)19(8-35)52-32)51-34-31(27(45)24(42)21(10-37)54-34)55-33-29(47)26(44)23(41)20(9-36)53-33/h2-7,19-47H,8-10H2,1H3/p+1/t19-,20+,21+,22-,23-,24-,25+,26+,27-,28-,29-,30?,31+,32-,33+,34-/m1/s1. The summed E-state index contributed by atoms with van der Waals surface area (Å²) in [6.45, 7) is -2.39. The maximum atomic E-state index is 11.2. The van der Waals surface area contributed by atoms with Crippen molar-refractivity contribution in [2.45, 2.75) is 98.2 Å². The molecule has 16 atom stereocenters. The maximum Gasteiger partial charge on any atom is 0.270 e. The van der Waals surface area contributed by atoms with Crippen molar-refractivity contribution in [1.82, 2.24) is 0 Å². The maximum absolute atomic E-state index is 11.2. The van der Waals surface area contributed by atoms with Gasteiger partial charge in [0.15, 0.2) is 29.7 Å². The van der Waals surface area contributed by atoms with Gasteiger partial charge in [0.05, 0.1) is 38.6 Å². The molecule has 55 heavy (non-hydrogen) atoms. The van der Waals surface area contributed by atoms with Gasteiger partial charge >= 0.3 is 0 Å². The van der Waals surface area contributed by atoms with Gasteiger partial charge in [-0.05, 0) is 18.2 Å². The minimum absolute atomic E-state index is 0.0250. The van der Waals surface area contributed by atoms with Gasteiger partial charge < -0.3 is 104 Å². The first kappa shape index (κ1) is 41.0. The number of benzene rings is 2. The lowest BCUT2D eigenvalue weighted by molar-refractivity contribution is -0.364. The highest BCUT2D eigenvalue weighted by Crippen LogP contribution is 2.47. The Morgan fingerprint density at radius 3 is 1.78 bits per heavy atom. The molecular weight excluding hydrogens is 744 g/mol. The van der Waals surface area contributed by atoms with Crippen LogP contribution in [0.1, 0.15) is 17.2 Å². The third-order valence-electron chi connectivity index (χ3n) is 9.76. The summed E-state index contributed by atoms with van der Waals surface area (Å²) in [5.74, 6) is -0.879. The van der Waals surface area contributed by atoms with Gasteiger partial charge in [0.1, 0.15) is 84.2 Å². The summed E-state index contributed by atoms with van der Waals surface area (Å²) in [5, 5.41) is 135. The molecule has 14 N–H and O–H groups in total. The van der Waals surface area contributed by atoms with E-state index in [1.165, 1.54) is 37.5 Å². The predicted molar refractivity (Wildman–Crippen MR) is 177 cm³/mol. The Labute approximate surface area is 311 Å². The van der Waals surface area contributed by atoms with E-state index in [4.69, 9.17) is 37.9 Å². The number of hydrogen-bond acceptors (Lipinski definition) is 20. The van der Waals surface area contributed by atoms with Gasteiger partial charge in [0.25, 0.3) is 11.9 Å². The topological polar surface area (TPSA) is 340 Å². The second kappa shape index (κ2) is 16.9. The smallest absolute Gasteiger partial charge is 0.270 e. The molecule has 4 heterocycles. The van der Waals surface area contributed by atoms with Gasteiger partial charge in [-0.25, -0.2) is 0 Å². The Morgan fingerprint density at radius 1 is 0.618 bits per heavy atom. The first-order valence-corrected chi connectivity index (χ1v) is 17.1. The van der Waals surface area contributed by atoms with Crippen LogP contribution in [0.15, 0.2) is 36.1 Å². The molecule has 0 aromatic heterocycles. The van der Waals surface area contributed by atoms with Crippen LogP contribution in [-0.4, -0.2) is 190 Å². The van der Waals surface area contributed by atoms with Gasteiger partial charge in [-0.1, -0.05) is 0 Å². The Bertz CT molecular complexity index is 1650. The molecule has 4 aliphatic heterocycles. The lowest BCUT2D eigenvalue weighted by Crippen LogP contribution is -2.64. The van der Waals surface area contributed by atoms with Crippen molar-refractivity contribution in [2.75, 3.05) is 26.9 Å². The summed E-state index contributed by atoms with van der Waals surface area (Å²) in [6, 6.07) is 6.53. The van der Waals surface area contributed by atoms with Crippen molar-refractivity contribution < 1.29 is 104 Å². The number of hydrogen-bond donors (Lipinski definition) is 13. The van der Waals surface area contributed by atoms with Gasteiger partial charge in [0.2, 0.25) is 12.6 Å². The quantitative estimate of drug-likeness (QED) is 0.0951. The van der Waals surface area contributed by atoms with Crippen molar-refractivity contribution in [3.05, 3.63) is 47.2 Å². The van der Waals surface area contributed by atoms with E-state index in [1.54, 1.807) is 0 Å². The molecule has 2 aromatic rings. The summed E-state index contributed by atoms with van der Waals surface area (Å²) < 4.78 is 44.7. The molecule has 0 amide bonds. The number of rotatable bonds is 11. The van der Waals surface area contributed by atoms with E-state index in [1.807, 2.05) is 0 Å². The van der Waals surface area contributed by atoms with Gasteiger partial charge in [-0.2, -0.15) is 0 Å². The molecule has 1 unspecified atom stereocenters. The molecule has 0 saturated carbocycles. The van der Waals surface area contributed by atoms with Crippen LogP contribution in [0.5, 0.6) is 28.7 Å². The van der Waals surface area contributed by atoms with Crippen LogP contribution in [0.25, 0.3) is 6.08 Å². The number of methoxy groups -OCH3 is 1. The van der Waals surface area contributed by atoms with Crippen molar-refractivity contribution in [3.63, 3.8) is 0 Å². The van der Waals surface area contributed by atoms with Crippen LogP contribution >= 0.6 is 0 Å². The summed E-state index contributed by atoms with van der Waals surface area (Å²) in [7, 11) is 1.30. The third-order valence-corrected chi connectivity index (χ3v) is 9.76. The third kappa shape index (κ3) is 8.00. The Balaban J connectivity index is 1.41. The molecule has 4 aliphatic rings. The van der Waals surface area contributed by atoms with Crippen LogP contribution in [0.2, 0.25) is 0 Å². The molecular formula is C34H45O21+. The molecule has 2 aromatic carbocycles. The van der Waals surface area contributed by atoms with E-state index in [-0.39, 0.29) is 40.1 Å². The SMILES string of the molecule is COc1cc(C2[OH+]c3cc(O)cc(O[C@@H]4O[C@H](CO)[C@@H](O)[C@H](O)[C@H]4O)c3C=C2O[C@@H]2O[C@@H](CO)[C@@H](O)[C@@H](O)[C@@H]2O[C@@H]2O[C@@H](CO)[C@@H](O)[C@H](O)[C@H]2O)ccc1O. The molecule has 21 heteroatoms. The van der Waals surface area contributed by atoms with Crippen molar-refractivity contribution >= 4 is 6.08 Å². The highest BCUT2D eigenvalue weighted by molar-refractivity contribution is 5.70. The zero-order valence-corrected chi connectivity index (χ0v) is 28.9. The number of aliphatic hydroxyl groups is 12. The fourth-order valence-electron chi connectivity index (χ4n) is 6.63. The molecule has 0 aliphatic carbocycles. The first-order chi connectivity index (χ1) is 26.2. The van der Waals surface area contributed by atoms with Crippen molar-refractivity contribution in [1.29, 1.82) is 0 Å². The van der Waals surface area contributed by atoms with E-state index >= 15 is 0 Å². The summed E-state index contributed by atoms with van der Waals surface area (Å²) in [4.78, 5) is 0. The van der Waals surface area contributed by atoms with Crippen LogP contribution in [0.3, 0.4) is 0 Å². The Morgan fingerprint density at radius 2 is 1.18 bits per heavy atom. The van der Waals surface area contributed by atoms with E-state index < -0.39 is 118 Å². The average Bonchev–Trinajstić information content (AvgIpc) is 3.17. The molecule has 0 spiro atoms. The van der Waals surface area contributed by atoms with Crippen LogP contribution in [0.4, 0.5) is 0 Å². The van der Waals surface area contributed by atoms with Gasteiger partial charge in [-0.15, -0.1) is 0 Å². The molecule has 306 valence electrons. The highest BCUT2D eigenvalue weighted by atomic mass is 16.8. The first-order valence-electron chi connectivity index (χ1n) is 17.1. The predicted octanol–water partition coefficient (Wildman–Crippen LogP) is -4.74. The number of aliphatic hydroxyl groups excluding tert-OH is 11. The van der Waals surface area contributed by atoms with Crippen LogP contribution in [-0.2, 0) is 23.7 Å². The Hall–Kier alpha value is -3.62. The number of ether oxygens (including phenoxy) is 8. The van der Waals surface area contributed by atoms with Crippen LogP contribution < -0.4 is 9.47 Å². The highest BCUT2D eigenvalue weighted by Gasteiger charge is 2.52. The molecule has 21 nitrogen and oxygen atoms in total. The van der Waals surface area contributed by atoms with Crippen LogP contribution in [0, 0.1) is 0 Å². The van der Waals surface area contributed by atoms with Gasteiger partial charge in [0, 0.05) is 12.1 Å². The van der Waals surface area contributed by atoms with E-state index in [2.05, 4.69) is 0 Å². The van der Waals surface area contributed by atoms with Gasteiger partial charge in [-0.3, -0.25) is 0 Å². The largest absolute Gasteiger partial charge is 0.571 e. The molecule has 0 bridgehead atoms. The summed E-state index contributed by atoms with van der Waals surface area (Å²) in [5.41, 5.74) is 0.376. The molecule has 3 saturated heterocycles. The van der Waals surface area contributed by atoms with E-state index in [9.17, 15) is 66.4 Å². The second-order valence-corrected chi connectivity index (χ2v) is 13.3. The fourth-order valence-corrected chi connectivity index (χ4v) is 6.63. The Kier molecular flexibility index (Phi) is 12.6. The van der Waals surface area contributed by atoms with Crippen molar-refractivity contribution in [2.24, 2.45) is 0 Å². The van der Waals surface area contributed by atoms with E-state index in [0.29, 0.717) is 5.56 Å². The fraction of sp³-hybridized carbons (Fsp3) is 0.588. The number of fused-ring (bicyclic) bond motifs is 1.